The molecule has 184 valence electrons. The van der Waals surface area contributed by atoms with Gasteiger partial charge >= 0.3 is 0 Å². The average molecular weight is 482 g/mol. The number of ether oxygens (including phenoxy) is 1. The van der Waals surface area contributed by atoms with Crippen molar-refractivity contribution < 1.29 is 9.53 Å². The van der Waals surface area contributed by atoms with Crippen molar-refractivity contribution in [2.75, 3.05) is 25.6 Å². The van der Waals surface area contributed by atoms with Crippen molar-refractivity contribution >= 4 is 28.3 Å². The van der Waals surface area contributed by atoms with Crippen LogP contribution in [0.5, 0.6) is 5.75 Å². The first-order valence-electron chi connectivity index (χ1n) is 12.3. The van der Waals surface area contributed by atoms with E-state index in [1.807, 2.05) is 53.2 Å². The summed E-state index contributed by atoms with van der Waals surface area (Å²) in [6.07, 6.45) is 5.48. The fourth-order valence-electron chi connectivity index (χ4n) is 4.69. The highest BCUT2D eigenvalue weighted by Crippen LogP contribution is 2.25. The number of H-pyrrole nitrogens is 1. The molecule has 0 fully saturated rings. The number of benzene rings is 2. The first kappa shape index (κ1) is 23.5. The minimum atomic E-state index is -0.0905. The lowest BCUT2D eigenvalue weighted by molar-refractivity contribution is 0.0953. The van der Waals surface area contributed by atoms with E-state index in [0.29, 0.717) is 18.7 Å². The zero-order valence-corrected chi connectivity index (χ0v) is 20.9. The van der Waals surface area contributed by atoms with Gasteiger partial charge < -0.3 is 19.9 Å². The van der Waals surface area contributed by atoms with Gasteiger partial charge in [0.1, 0.15) is 17.2 Å². The monoisotopic (exact) mass is 481 g/mol. The molecule has 0 bridgehead atoms. The molecule has 0 unspecified atom stereocenters. The number of nitrogens with zero attached hydrogens (tertiary/aromatic N) is 3. The van der Waals surface area contributed by atoms with Crippen molar-refractivity contribution in [3.63, 3.8) is 0 Å². The third-order valence-electron chi connectivity index (χ3n) is 6.56. The number of hydrogen-bond donors (Lipinski definition) is 2. The van der Waals surface area contributed by atoms with Crippen LogP contribution in [0.2, 0.25) is 0 Å². The van der Waals surface area contributed by atoms with Crippen molar-refractivity contribution in [2.24, 2.45) is 0 Å². The molecular formula is C29H31N5O2. The summed E-state index contributed by atoms with van der Waals surface area (Å²) in [6, 6.07) is 20.0. The fourth-order valence-corrected chi connectivity index (χ4v) is 4.69. The Bertz CT molecular complexity index is 1500. The molecule has 5 aromatic rings. The predicted molar refractivity (Wildman–Crippen MR) is 144 cm³/mol. The lowest BCUT2D eigenvalue weighted by atomic mass is 10.1. The Labute approximate surface area is 210 Å². The summed E-state index contributed by atoms with van der Waals surface area (Å²) in [5, 5.41) is 4.27. The zero-order chi connectivity index (χ0) is 25.1. The van der Waals surface area contributed by atoms with Gasteiger partial charge in [0.15, 0.2) is 0 Å². The number of amides is 1. The van der Waals surface area contributed by atoms with Gasteiger partial charge in [0.05, 0.1) is 18.4 Å². The summed E-state index contributed by atoms with van der Waals surface area (Å²) in [7, 11) is 3.73. The smallest absolute Gasteiger partial charge is 0.252 e. The molecule has 0 saturated carbocycles. The number of fused-ring (bicyclic) bond motifs is 2. The number of carbonyl (C=O) groups excluding carboxylic acids is 1. The van der Waals surface area contributed by atoms with Gasteiger partial charge in [-0.1, -0.05) is 37.3 Å². The molecule has 0 aliphatic heterocycles. The molecule has 36 heavy (non-hydrogen) atoms. The number of aromatic amines is 1. The largest absolute Gasteiger partial charge is 0.497 e. The van der Waals surface area contributed by atoms with Gasteiger partial charge in [-0.15, -0.1) is 0 Å². The van der Waals surface area contributed by atoms with Gasteiger partial charge in [-0.2, -0.15) is 0 Å². The Morgan fingerprint density at radius 1 is 1.11 bits per heavy atom. The molecule has 0 aliphatic carbocycles. The Morgan fingerprint density at radius 3 is 2.69 bits per heavy atom. The molecule has 0 saturated heterocycles. The van der Waals surface area contributed by atoms with Crippen molar-refractivity contribution in [1.82, 2.24) is 19.7 Å². The highest BCUT2D eigenvalue weighted by molar-refractivity contribution is 5.94. The first-order chi connectivity index (χ1) is 17.6. The molecule has 0 atom stereocenters. The molecule has 0 radical (unpaired) electrons. The third-order valence-corrected chi connectivity index (χ3v) is 6.56. The molecule has 3 heterocycles. The van der Waals surface area contributed by atoms with Crippen LogP contribution in [0.4, 0.5) is 5.82 Å². The number of anilines is 1. The van der Waals surface area contributed by atoms with E-state index in [9.17, 15) is 4.79 Å². The van der Waals surface area contributed by atoms with E-state index in [1.165, 1.54) is 16.5 Å². The van der Waals surface area contributed by atoms with Crippen molar-refractivity contribution in [3.8, 4) is 5.75 Å². The number of methoxy groups -OCH3 is 1. The van der Waals surface area contributed by atoms with Gasteiger partial charge in [0.2, 0.25) is 0 Å². The normalized spacial score (nSPS) is 11.2. The second-order valence-corrected chi connectivity index (χ2v) is 8.95. The Morgan fingerprint density at radius 2 is 1.92 bits per heavy atom. The Balaban J connectivity index is 1.33. The van der Waals surface area contributed by atoms with Crippen molar-refractivity contribution in [1.29, 1.82) is 0 Å². The number of nitrogens with one attached hydrogen (secondary N) is 2. The van der Waals surface area contributed by atoms with E-state index in [4.69, 9.17) is 9.72 Å². The second kappa shape index (κ2) is 10.2. The summed E-state index contributed by atoms with van der Waals surface area (Å²) < 4.78 is 7.30. The fraction of sp³-hybridized carbons (Fsp3) is 0.241. The molecule has 3 aromatic heterocycles. The topological polar surface area (TPSA) is 74.7 Å². The number of aryl methyl sites for hydroxylation is 1. The average Bonchev–Trinajstić information content (AvgIpc) is 3.50. The molecule has 7 heteroatoms. The number of pyridine rings is 1. The van der Waals surface area contributed by atoms with Gasteiger partial charge in [-0.05, 0) is 54.3 Å². The van der Waals surface area contributed by atoms with E-state index in [0.717, 1.165) is 41.3 Å². The van der Waals surface area contributed by atoms with E-state index in [2.05, 4.69) is 53.4 Å². The maximum absolute atomic E-state index is 13.0. The highest BCUT2D eigenvalue weighted by atomic mass is 16.5. The van der Waals surface area contributed by atoms with Gasteiger partial charge in [0, 0.05) is 43.4 Å². The minimum absolute atomic E-state index is 0.0905. The van der Waals surface area contributed by atoms with Gasteiger partial charge in [-0.25, -0.2) is 4.98 Å². The Hall–Kier alpha value is -4.26. The number of aromatic nitrogens is 3. The summed E-state index contributed by atoms with van der Waals surface area (Å²) in [5.41, 5.74) is 5.93. The lowest BCUT2D eigenvalue weighted by Gasteiger charge is -2.20. The SMILES string of the molecule is CCc1nc2ccc(C(=O)NCCc3c[nH]c4ccccc34)cn2c1N(C)Cc1ccc(OC)cc1. The number of carbonyl (C=O) groups is 1. The molecule has 0 aliphatic rings. The lowest BCUT2D eigenvalue weighted by Crippen LogP contribution is -2.26. The van der Waals surface area contributed by atoms with Crippen molar-refractivity contribution in [2.45, 2.75) is 26.3 Å². The van der Waals surface area contributed by atoms with E-state index in [-0.39, 0.29) is 5.91 Å². The van der Waals surface area contributed by atoms with Crippen LogP contribution in [0.1, 0.15) is 34.1 Å². The summed E-state index contributed by atoms with van der Waals surface area (Å²) in [5.74, 6) is 1.75. The predicted octanol–water partition coefficient (Wildman–Crippen LogP) is 5.00. The van der Waals surface area contributed by atoms with E-state index < -0.39 is 0 Å². The summed E-state index contributed by atoms with van der Waals surface area (Å²) >= 11 is 0. The molecule has 7 nitrogen and oxygen atoms in total. The van der Waals surface area contributed by atoms with E-state index in [1.54, 1.807) is 7.11 Å². The second-order valence-electron chi connectivity index (χ2n) is 8.95. The maximum Gasteiger partial charge on any atom is 0.252 e. The van der Waals surface area contributed by atoms with Crippen LogP contribution in [0.25, 0.3) is 16.6 Å². The zero-order valence-electron chi connectivity index (χ0n) is 20.9. The third kappa shape index (κ3) is 4.64. The number of para-hydroxylation sites is 1. The quantitative estimate of drug-likeness (QED) is 0.311. The first-order valence-corrected chi connectivity index (χ1v) is 12.3. The number of rotatable bonds is 9. The van der Waals surface area contributed by atoms with Gasteiger partial charge in [-0.3, -0.25) is 9.20 Å². The molecule has 0 spiro atoms. The molecule has 5 rings (SSSR count). The van der Waals surface area contributed by atoms with E-state index >= 15 is 0 Å². The molecular weight excluding hydrogens is 450 g/mol. The number of imidazole rings is 1. The molecule has 2 N–H and O–H groups in total. The highest BCUT2D eigenvalue weighted by Gasteiger charge is 2.17. The maximum atomic E-state index is 13.0. The molecule has 1 amide bonds. The van der Waals surface area contributed by atoms with Gasteiger partial charge in [0.25, 0.3) is 5.91 Å². The van der Waals surface area contributed by atoms with Crippen LogP contribution in [-0.4, -0.2) is 41.0 Å². The van der Waals surface area contributed by atoms with Crippen LogP contribution in [0.3, 0.4) is 0 Å². The van der Waals surface area contributed by atoms with Crippen LogP contribution in [-0.2, 0) is 19.4 Å². The van der Waals surface area contributed by atoms with Crippen LogP contribution < -0.4 is 15.0 Å². The molecule has 2 aromatic carbocycles. The van der Waals surface area contributed by atoms with Crippen LogP contribution in [0, 0.1) is 0 Å². The number of hydrogen-bond acceptors (Lipinski definition) is 4. The summed E-state index contributed by atoms with van der Waals surface area (Å²) in [6.45, 7) is 3.38. The summed E-state index contributed by atoms with van der Waals surface area (Å²) in [4.78, 5) is 23.3. The Kier molecular flexibility index (Phi) is 6.62. The van der Waals surface area contributed by atoms with Crippen LogP contribution in [0.15, 0.2) is 73.1 Å². The minimum Gasteiger partial charge on any atom is -0.497 e. The van der Waals surface area contributed by atoms with Crippen molar-refractivity contribution in [3.05, 3.63) is 95.4 Å². The van der Waals surface area contributed by atoms with Crippen LogP contribution >= 0.6 is 0 Å². The standard InChI is InChI=1S/C29H31N5O2/c1-4-25-29(33(2)18-20-9-12-23(36-3)13-10-20)34-19-22(11-14-27(34)32-25)28(35)30-16-15-21-17-31-26-8-6-5-7-24(21)26/h5-14,17,19,31H,4,15-16,18H2,1-3H3,(H,30,35).